The molecule has 5 nitrogen and oxygen atoms in total. The van der Waals surface area contributed by atoms with Crippen molar-refractivity contribution in [3.63, 3.8) is 0 Å². The Morgan fingerprint density at radius 1 is 1.09 bits per heavy atom. The number of thiophene rings is 1. The van der Waals surface area contributed by atoms with Gasteiger partial charge in [-0.3, -0.25) is 0 Å². The zero-order valence-corrected chi connectivity index (χ0v) is 15.9. The third-order valence-electron chi connectivity index (χ3n) is 2.99. The van der Waals surface area contributed by atoms with Crippen molar-refractivity contribution >= 4 is 47.1 Å². The minimum absolute atomic E-state index is 0.0664. The third kappa shape index (κ3) is 3.96. The average Bonchev–Trinajstić information content (AvgIpc) is 2.83. The van der Waals surface area contributed by atoms with E-state index in [4.69, 9.17) is 0 Å². The Bertz CT molecular complexity index is 870. The molecule has 0 bridgehead atoms. The smallest absolute Gasteiger partial charge is 0.224 e. The summed E-state index contributed by atoms with van der Waals surface area (Å²) in [4.78, 5) is 0.160. The van der Waals surface area contributed by atoms with Gasteiger partial charge in [0.1, 0.15) is 0 Å². The lowest BCUT2D eigenvalue weighted by Crippen LogP contribution is -2.26. The molecule has 0 spiro atoms. The second-order valence-electron chi connectivity index (χ2n) is 4.76. The third-order valence-corrected chi connectivity index (χ3v) is 7.49. The van der Waals surface area contributed by atoms with Crippen LogP contribution in [0.1, 0.15) is 5.56 Å². The zero-order chi connectivity index (χ0) is 16.5. The molecular weight excluding hydrogens is 410 g/mol. The molecule has 9 heteroatoms. The van der Waals surface area contributed by atoms with Crippen molar-refractivity contribution in [1.82, 2.24) is 4.31 Å². The van der Waals surface area contributed by atoms with E-state index < -0.39 is 19.9 Å². The molecule has 0 amide bonds. The first-order valence-electron chi connectivity index (χ1n) is 6.10. The summed E-state index contributed by atoms with van der Waals surface area (Å²) >= 11 is 4.82. The van der Waals surface area contributed by atoms with Crippen molar-refractivity contribution in [2.75, 3.05) is 13.3 Å². The largest absolute Gasteiger partial charge is 0.243 e. The van der Waals surface area contributed by atoms with Crippen molar-refractivity contribution in [3.8, 4) is 0 Å². The SMILES string of the molecule is CN(Cc1csc(Br)c1)S(=O)(=O)c1ccc(S(C)(=O)=O)cc1. The molecule has 1 aromatic carbocycles. The zero-order valence-electron chi connectivity index (χ0n) is 11.9. The highest BCUT2D eigenvalue weighted by atomic mass is 79.9. The molecule has 0 radical (unpaired) electrons. The first-order valence-corrected chi connectivity index (χ1v) is 11.1. The summed E-state index contributed by atoms with van der Waals surface area (Å²) in [7, 11) is -5.51. The summed E-state index contributed by atoms with van der Waals surface area (Å²) < 4.78 is 49.9. The van der Waals surface area contributed by atoms with E-state index in [9.17, 15) is 16.8 Å². The normalized spacial score (nSPS) is 12.7. The minimum atomic E-state index is -3.66. The number of benzene rings is 1. The number of halogens is 1. The highest BCUT2D eigenvalue weighted by Gasteiger charge is 2.21. The van der Waals surface area contributed by atoms with Gasteiger partial charge >= 0.3 is 0 Å². The van der Waals surface area contributed by atoms with Crippen LogP contribution in [0.5, 0.6) is 0 Å². The molecule has 0 N–H and O–H groups in total. The fraction of sp³-hybridized carbons (Fsp3) is 0.231. The van der Waals surface area contributed by atoms with Crippen LogP contribution in [0.15, 0.2) is 49.3 Å². The highest BCUT2D eigenvalue weighted by Crippen LogP contribution is 2.24. The summed E-state index contributed by atoms with van der Waals surface area (Å²) in [6, 6.07) is 7.09. The van der Waals surface area contributed by atoms with E-state index in [0.717, 1.165) is 15.6 Å². The number of hydrogen-bond acceptors (Lipinski definition) is 5. The number of nitrogens with zero attached hydrogens (tertiary/aromatic N) is 1. The molecule has 1 aromatic heterocycles. The van der Waals surface area contributed by atoms with Crippen LogP contribution < -0.4 is 0 Å². The van der Waals surface area contributed by atoms with Gasteiger partial charge in [-0.15, -0.1) is 11.3 Å². The van der Waals surface area contributed by atoms with Crippen LogP contribution in [0.25, 0.3) is 0 Å². The topological polar surface area (TPSA) is 71.5 Å². The molecule has 0 atom stereocenters. The van der Waals surface area contributed by atoms with E-state index in [1.807, 2.05) is 11.4 Å². The quantitative estimate of drug-likeness (QED) is 0.740. The maximum Gasteiger partial charge on any atom is 0.243 e. The van der Waals surface area contributed by atoms with E-state index in [0.29, 0.717) is 0 Å². The summed E-state index contributed by atoms with van der Waals surface area (Å²) in [5, 5.41) is 1.88. The summed E-state index contributed by atoms with van der Waals surface area (Å²) in [6.45, 7) is 0.248. The molecule has 0 unspecified atom stereocenters. The van der Waals surface area contributed by atoms with E-state index in [1.165, 1.54) is 47.0 Å². The molecule has 0 aliphatic rings. The van der Waals surface area contributed by atoms with Crippen LogP contribution in [0, 0.1) is 0 Å². The number of hydrogen-bond donors (Lipinski definition) is 0. The van der Waals surface area contributed by atoms with E-state index in [1.54, 1.807) is 0 Å². The molecule has 0 saturated carbocycles. The molecule has 0 fully saturated rings. The van der Waals surface area contributed by atoms with Crippen molar-refractivity contribution < 1.29 is 16.8 Å². The maximum atomic E-state index is 12.5. The Labute approximate surface area is 142 Å². The second kappa shape index (κ2) is 6.40. The Kier molecular flexibility index (Phi) is 5.13. The van der Waals surface area contributed by atoms with Crippen LogP contribution in [-0.4, -0.2) is 34.4 Å². The van der Waals surface area contributed by atoms with E-state index in [-0.39, 0.29) is 16.3 Å². The molecular formula is C13H14BrNO4S3. The molecule has 1 heterocycles. The van der Waals surface area contributed by atoms with Gasteiger partial charge < -0.3 is 0 Å². The maximum absolute atomic E-state index is 12.5. The Morgan fingerprint density at radius 3 is 2.09 bits per heavy atom. The Balaban J connectivity index is 2.26. The van der Waals surface area contributed by atoms with Crippen molar-refractivity contribution in [2.45, 2.75) is 16.3 Å². The lowest BCUT2D eigenvalue weighted by atomic mass is 10.3. The summed E-state index contributed by atoms with van der Waals surface area (Å²) in [5.41, 5.74) is 0.885. The second-order valence-corrected chi connectivity index (χ2v) is 11.1. The van der Waals surface area contributed by atoms with Crippen LogP contribution >= 0.6 is 27.3 Å². The van der Waals surface area contributed by atoms with Crippen molar-refractivity contribution in [2.24, 2.45) is 0 Å². The van der Waals surface area contributed by atoms with E-state index >= 15 is 0 Å². The van der Waals surface area contributed by atoms with Crippen LogP contribution in [0.3, 0.4) is 0 Å². The number of sulfone groups is 1. The van der Waals surface area contributed by atoms with Gasteiger partial charge in [-0.25, -0.2) is 16.8 Å². The van der Waals surface area contributed by atoms with Crippen molar-refractivity contribution in [3.05, 3.63) is 45.1 Å². The van der Waals surface area contributed by atoms with Gasteiger partial charge in [-0.2, -0.15) is 4.31 Å². The highest BCUT2D eigenvalue weighted by molar-refractivity contribution is 9.11. The molecule has 22 heavy (non-hydrogen) atoms. The van der Waals surface area contributed by atoms with Gasteiger partial charge in [-0.1, -0.05) is 0 Å². The average molecular weight is 424 g/mol. The Hall–Kier alpha value is -0.740. The van der Waals surface area contributed by atoms with Gasteiger partial charge in [-0.05, 0) is 57.2 Å². The first kappa shape index (κ1) is 17.6. The first-order chi connectivity index (χ1) is 10.1. The molecule has 0 aliphatic heterocycles. The summed E-state index contributed by atoms with van der Waals surface area (Å²) in [6.07, 6.45) is 1.08. The number of sulfonamides is 1. The minimum Gasteiger partial charge on any atom is -0.224 e. The fourth-order valence-electron chi connectivity index (χ4n) is 1.81. The van der Waals surface area contributed by atoms with Crippen LogP contribution in [0.4, 0.5) is 0 Å². The van der Waals surface area contributed by atoms with E-state index in [2.05, 4.69) is 15.9 Å². The van der Waals surface area contributed by atoms with Gasteiger partial charge in [0.25, 0.3) is 0 Å². The van der Waals surface area contributed by atoms with Crippen LogP contribution in [-0.2, 0) is 26.4 Å². The van der Waals surface area contributed by atoms with Crippen LogP contribution in [0.2, 0.25) is 0 Å². The predicted molar refractivity (Wildman–Crippen MR) is 90.2 cm³/mol. The monoisotopic (exact) mass is 423 g/mol. The van der Waals surface area contributed by atoms with Gasteiger partial charge in [0.15, 0.2) is 9.84 Å². The van der Waals surface area contributed by atoms with Gasteiger partial charge in [0, 0.05) is 19.8 Å². The standard InChI is InChI=1S/C13H14BrNO4S3/c1-15(8-10-7-13(14)20-9-10)22(18,19)12-5-3-11(4-6-12)21(2,16)17/h3-7,9H,8H2,1-2H3. The fourth-order valence-corrected chi connectivity index (χ4v) is 4.80. The lowest BCUT2D eigenvalue weighted by Gasteiger charge is -2.16. The van der Waals surface area contributed by atoms with Gasteiger partial charge in [0.05, 0.1) is 13.6 Å². The molecule has 2 aromatic rings. The van der Waals surface area contributed by atoms with Gasteiger partial charge in [0.2, 0.25) is 10.0 Å². The Morgan fingerprint density at radius 2 is 1.64 bits per heavy atom. The molecule has 2 rings (SSSR count). The number of rotatable bonds is 5. The molecule has 0 aliphatic carbocycles. The molecule has 120 valence electrons. The molecule has 0 saturated heterocycles. The predicted octanol–water partition coefficient (Wildman–Crippen LogP) is 2.73. The summed E-state index contributed by atoms with van der Waals surface area (Å²) in [5.74, 6) is 0. The lowest BCUT2D eigenvalue weighted by molar-refractivity contribution is 0.467. The van der Waals surface area contributed by atoms with Crippen molar-refractivity contribution in [1.29, 1.82) is 0 Å².